The molecule has 1 N–H and O–H groups in total. The maximum Gasteiger partial charge on any atom is 0.416 e. The summed E-state index contributed by atoms with van der Waals surface area (Å²) >= 11 is 0. The van der Waals surface area contributed by atoms with Gasteiger partial charge in [0, 0.05) is 32.0 Å². The zero-order valence-electron chi connectivity index (χ0n) is 17.5. The molecule has 0 radical (unpaired) electrons. The van der Waals surface area contributed by atoms with Crippen LogP contribution in [0.4, 0.5) is 24.5 Å². The minimum atomic E-state index is -4.48. The lowest BCUT2D eigenvalue weighted by Crippen LogP contribution is -2.37. The number of amides is 1. The van der Waals surface area contributed by atoms with E-state index in [1.165, 1.54) is 6.07 Å². The van der Waals surface area contributed by atoms with Gasteiger partial charge in [0.05, 0.1) is 42.7 Å². The molecule has 9 heteroatoms. The van der Waals surface area contributed by atoms with E-state index >= 15 is 0 Å². The molecular formula is C22H27F3N4O2. The molecule has 0 aliphatic carbocycles. The Morgan fingerprint density at radius 2 is 1.97 bits per heavy atom. The zero-order chi connectivity index (χ0) is 22.0. The number of halogens is 3. The van der Waals surface area contributed by atoms with Crippen LogP contribution in [-0.4, -0.2) is 54.8 Å². The Balaban J connectivity index is 1.52. The maximum atomic E-state index is 13.3. The number of anilines is 2. The molecule has 3 heterocycles. The van der Waals surface area contributed by atoms with Crippen molar-refractivity contribution >= 4 is 17.3 Å². The molecule has 0 saturated carbocycles. The Morgan fingerprint density at radius 1 is 1.19 bits per heavy atom. The minimum Gasteiger partial charge on any atom is -0.378 e. The lowest BCUT2D eigenvalue weighted by Gasteiger charge is -2.31. The minimum absolute atomic E-state index is 0.131. The van der Waals surface area contributed by atoms with Gasteiger partial charge in [0.2, 0.25) is 5.91 Å². The van der Waals surface area contributed by atoms with E-state index in [2.05, 4.69) is 10.2 Å². The van der Waals surface area contributed by atoms with Gasteiger partial charge in [-0.1, -0.05) is 0 Å². The third-order valence-electron chi connectivity index (χ3n) is 5.99. The Hall–Kier alpha value is -2.52. The molecule has 2 fully saturated rings. The summed E-state index contributed by atoms with van der Waals surface area (Å²) in [7, 11) is 1.98. The van der Waals surface area contributed by atoms with Crippen LogP contribution < -0.4 is 10.2 Å². The molecule has 2 aromatic rings. The molecule has 1 unspecified atom stereocenters. The summed E-state index contributed by atoms with van der Waals surface area (Å²) < 4.78 is 47.3. The molecule has 168 valence electrons. The van der Waals surface area contributed by atoms with E-state index in [1.807, 2.05) is 34.8 Å². The number of nitrogens with zero attached hydrogens (tertiary/aromatic N) is 3. The number of benzene rings is 1. The van der Waals surface area contributed by atoms with E-state index in [0.717, 1.165) is 37.2 Å². The molecule has 1 atom stereocenters. The number of morpholine rings is 1. The van der Waals surface area contributed by atoms with Gasteiger partial charge in [-0.2, -0.15) is 13.2 Å². The number of rotatable bonds is 5. The highest BCUT2D eigenvalue weighted by Gasteiger charge is 2.33. The molecule has 0 bridgehead atoms. The Bertz CT molecular complexity index is 922. The first kappa shape index (κ1) is 21.7. The predicted octanol–water partition coefficient (Wildman–Crippen LogP) is 3.66. The molecule has 2 saturated heterocycles. The number of hydrogen-bond acceptors (Lipinski definition) is 4. The van der Waals surface area contributed by atoms with Crippen molar-refractivity contribution < 1.29 is 22.7 Å². The van der Waals surface area contributed by atoms with Crippen LogP contribution in [0.2, 0.25) is 0 Å². The molecular weight excluding hydrogens is 409 g/mol. The number of carbonyl (C=O) groups excluding carboxylic acids is 1. The summed E-state index contributed by atoms with van der Waals surface area (Å²) in [6.45, 7) is 3.05. The molecule has 1 aromatic heterocycles. The fourth-order valence-corrected chi connectivity index (χ4v) is 4.44. The van der Waals surface area contributed by atoms with Crippen LogP contribution in [0.15, 0.2) is 36.5 Å². The summed E-state index contributed by atoms with van der Waals surface area (Å²) in [5.74, 6) is -0.310. The molecule has 1 amide bonds. The first-order valence-corrected chi connectivity index (χ1v) is 10.5. The summed E-state index contributed by atoms with van der Waals surface area (Å²) in [5.41, 5.74) is 1.14. The lowest BCUT2D eigenvalue weighted by atomic mass is 10.1. The second kappa shape index (κ2) is 8.92. The number of aryl methyl sites for hydroxylation is 1. The molecule has 2 aliphatic heterocycles. The molecule has 31 heavy (non-hydrogen) atoms. The van der Waals surface area contributed by atoms with E-state index in [9.17, 15) is 18.0 Å². The van der Waals surface area contributed by atoms with Crippen molar-refractivity contribution in [1.29, 1.82) is 0 Å². The smallest absolute Gasteiger partial charge is 0.378 e. The molecule has 1 aromatic carbocycles. The number of alkyl halides is 3. The van der Waals surface area contributed by atoms with Gasteiger partial charge in [-0.05, 0) is 49.7 Å². The number of nitrogens with one attached hydrogen (secondary N) is 1. The Morgan fingerprint density at radius 3 is 2.65 bits per heavy atom. The first-order valence-electron chi connectivity index (χ1n) is 10.5. The lowest BCUT2D eigenvalue weighted by molar-refractivity contribution is -0.137. The second-order valence-electron chi connectivity index (χ2n) is 8.05. The van der Waals surface area contributed by atoms with Gasteiger partial charge in [0.15, 0.2) is 0 Å². The maximum absolute atomic E-state index is 13.3. The van der Waals surface area contributed by atoms with Crippen LogP contribution >= 0.6 is 0 Å². The van der Waals surface area contributed by atoms with Gasteiger partial charge in [-0.15, -0.1) is 0 Å². The quantitative estimate of drug-likeness (QED) is 0.778. The summed E-state index contributed by atoms with van der Waals surface area (Å²) in [5, 5.41) is 2.76. The van der Waals surface area contributed by atoms with E-state index in [0.29, 0.717) is 32.0 Å². The molecule has 2 aliphatic rings. The molecule has 6 nitrogen and oxygen atoms in total. The van der Waals surface area contributed by atoms with Crippen molar-refractivity contribution in [2.24, 2.45) is 7.05 Å². The van der Waals surface area contributed by atoms with Crippen LogP contribution in [0.25, 0.3) is 0 Å². The largest absolute Gasteiger partial charge is 0.416 e. The zero-order valence-corrected chi connectivity index (χ0v) is 17.5. The van der Waals surface area contributed by atoms with Crippen LogP contribution in [0.3, 0.4) is 0 Å². The third kappa shape index (κ3) is 4.88. The van der Waals surface area contributed by atoms with Gasteiger partial charge in [0.1, 0.15) is 0 Å². The summed E-state index contributed by atoms with van der Waals surface area (Å²) in [4.78, 5) is 16.9. The van der Waals surface area contributed by atoms with E-state index < -0.39 is 11.7 Å². The Labute approximate surface area is 179 Å². The van der Waals surface area contributed by atoms with Gasteiger partial charge in [-0.3, -0.25) is 9.69 Å². The van der Waals surface area contributed by atoms with Crippen LogP contribution in [0.1, 0.15) is 30.1 Å². The number of aromatic nitrogens is 1. The average molecular weight is 436 g/mol. The van der Waals surface area contributed by atoms with Gasteiger partial charge < -0.3 is 19.5 Å². The van der Waals surface area contributed by atoms with Crippen LogP contribution in [0.5, 0.6) is 0 Å². The fourth-order valence-electron chi connectivity index (χ4n) is 4.44. The number of hydrogen-bond donors (Lipinski definition) is 1. The van der Waals surface area contributed by atoms with Crippen molar-refractivity contribution in [3.8, 4) is 0 Å². The topological polar surface area (TPSA) is 49.7 Å². The van der Waals surface area contributed by atoms with Crippen LogP contribution in [0, 0.1) is 0 Å². The highest BCUT2D eigenvalue weighted by Crippen LogP contribution is 2.36. The molecule has 4 rings (SSSR count). The van der Waals surface area contributed by atoms with Crippen molar-refractivity contribution in [2.45, 2.75) is 25.1 Å². The van der Waals surface area contributed by atoms with Crippen molar-refractivity contribution in [3.05, 3.63) is 47.8 Å². The van der Waals surface area contributed by atoms with Crippen molar-refractivity contribution in [2.75, 3.05) is 49.6 Å². The van der Waals surface area contributed by atoms with Crippen molar-refractivity contribution in [1.82, 2.24) is 9.47 Å². The number of ether oxygens (including phenoxy) is 1. The highest BCUT2D eigenvalue weighted by molar-refractivity contribution is 5.96. The monoisotopic (exact) mass is 436 g/mol. The SMILES string of the molecule is Cn1cccc1C1CCCN1CC(=O)Nc1cc(C(F)(F)F)ccc1N1CCOCC1. The third-order valence-corrected chi connectivity index (χ3v) is 5.99. The normalized spacial score (nSPS) is 20.3. The van der Waals surface area contributed by atoms with Crippen LogP contribution in [-0.2, 0) is 22.8 Å². The van der Waals surface area contributed by atoms with Gasteiger partial charge >= 0.3 is 6.18 Å². The number of likely N-dealkylation sites (tertiary alicyclic amines) is 1. The number of carbonyl (C=O) groups is 1. The highest BCUT2D eigenvalue weighted by atomic mass is 19.4. The second-order valence-corrected chi connectivity index (χ2v) is 8.05. The summed E-state index contributed by atoms with van der Waals surface area (Å²) in [6, 6.07) is 7.68. The van der Waals surface area contributed by atoms with E-state index in [1.54, 1.807) is 0 Å². The predicted molar refractivity (Wildman–Crippen MR) is 112 cm³/mol. The fraction of sp³-hybridized carbons (Fsp3) is 0.500. The van der Waals surface area contributed by atoms with E-state index in [4.69, 9.17) is 4.74 Å². The van der Waals surface area contributed by atoms with Crippen molar-refractivity contribution in [3.63, 3.8) is 0 Å². The van der Waals surface area contributed by atoms with Gasteiger partial charge in [-0.25, -0.2) is 0 Å². The van der Waals surface area contributed by atoms with E-state index in [-0.39, 0.29) is 24.2 Å². The molecule has 0 spiro atoms. The summed E-state index contributed by atoms with van der Waals surface area (Å²) in [6.07, 6.45) is -0.571. The Kier molecular flexibility index (Phi) is 6.24. The average Bonchev–Trinajstić information content (AvgIpc) is 3.36. The standard InChI is InChI=1S/C22H27F3N4O2/c1-27-8-2-4-19(27)20-5-3-9-29(20)15-21(30)26-17-14-16(22(23,24)25)6-7-18(17)28-10-12-31-13-11-28/h2,4,6-8,14,20H,3,5,9-13,15H2,1H3,(H,26,30). The first-order chi connectivity index (χ1) is 14.8. The van der Waals surface area contributed by atoms with Gasteiger partial charge in [0.25, 0.3) is 0 Å².